The van der Waals surface area contributed by atoms with E-state index in [2.05, 4.69) is 15.5 Å². The van der Waals surface area contributed by atoms with E-state index in [1.165, 1.54) is 37.3 Å². The van der Waals surface area contributed by atoms with Crippen molar-refractivity contribution in [3.8, 4) is 0 Å². The third kappa shape index (κ3) is 4.78. The maximum absolute atomic E-state index is 14.2. The van der Waals surface area contributed by atoms with E-state index < -0.39 is 23.5 Å². The van der Waals surface area contributed by atoms with Crippen molar-refractivity contribution in [3.05, 3.63) is 63.8 Å². The molecule has 0 bridgehead atoms. The van der Waals surface area contributed by atoms with Gasteiger partial charge in [-0.05, 0) is 49.2 Å². The number of aliphatic carboxylic acids is 1. The molecule has 9 heteroatoms. The van der Waals surface area contributed by atoms with Gasteiger partial charge in [0.25, 0.3) is 0 Å². The predicted octanol–water partition coefficient (Wildman–Crippen LogP) is 4.47. The van der Waals surface area contributed by atoms with Crippen molar-refractivity contribution in [1.29, 1.82) is 0 Å². The molecular formula is C20H16ClF2N3O3. The van der Waals surface area contributed by atoms with Crippen molar-refractivity contribution in [2.75, 3.05) is 5.32 Å². The van der Waals surface area contributed by atoms with Crippen LogP contribution in [0.1, 0.15) is 23.1 Å². The Morgan fingerprint density at radius 1 is 1.24 bits per heavy atom. The topological polar surface area (TPSA) is 95.1 Å². The molecule has 0 atom stereocenters. The first-order valence-corrected chi connectivity index (χ1v) is 8.95. The Kier molecular flexibility index (Phi) is 5.93. The Morgan fingerprint density at radius 2 is 2.00 bits per heavy atom. The molecule has 3 N–H and O–H groups in total. The van der Waals surface area contributed by atoms with E-state index in [0.717, 1.165) is 6.08 Å². The number of carboxylic acids is 1. The summed E-state index contributed by atoms with van der Waals surface area (Å²) in [5.74, 6) is -2.73. The number of rotatable bonds is 6. The van der Waals surface area contributed by atoms with Crippen LogP contribution in [0, 0.1) is 18.6 Å². The van der Waals surface area contributed by atoms with Gasteiger partial charge in [0.05, 0.1) is 5.52 Å². The van der Waals surface area contributed by atoms with E-state index in [0.29, 0.717) is 16.5 Å². The van der Waals surface area contributed by atoms with Gasteiger partial charge in [-0.25, -0.2) is 8.78 Å². The van der Waals surface area contributed by atoms with Gasteiger partial charge in [0.1, 0.15) is 11.6 Å². The number of carbonyl (C=O) groups is 2. The molecule has 1 heterocycles. The lowest BCUT2D eigenvalue weighted by Gasteiger charge is -2.10. The van der Waals surface area contributed by atoms with Crippen molar-refractivity contribution >= 4 is 46.1 Å². The number of fused-ring (bicyclic) bond motifs is 1. The molecule has 0 unspecified atom stereocenters. The monoisotopic (exact) mass is 419 g/mol. The van der Waals surface area contributed by atoms with Gasteiger partial charge in [-0.3, -0.25) is 14.7 Å². The van der Waals surface area contributed by atoms with Gasteiger partial charge < -0.3 is 10.4 Å². The molecule has 3 aromatic rings. The molecule has 0 saturated carbocycles. The molecule has 0 spiro atoms. The van der Waals surface area contributed by atoms with Crippen LogP contribution in [-0.4, -0.2) is 27.2 Å². The van der Waals surface area contributed by atoms with Gasteiger partial charge >= 0.3 is 5.97 Å². The smallest absolute Gasteiger partial charge is 0.303 e. The van der Waals surface area contributed by atoms with Crippen molar-refractivity contribution in [3.63, 3.8) is 0 Å². The molecule has 6 nitrogen and oxygen atoms in total. The van der Waals surface area contributed by atoms with E-state index in [1.807, 2.05) is 0 Å². The molecule has 2 aromatic carbocycles. The molecule has 3 rings (SSSR count). The highest BCUT2D eigenvalue weighted by molar-refractivity contribution is 6.34. The first kappa shape index (κ1) is 20.5. The zero-order chi connectivity index (χ0) is 21.1. The van der Waals surface area contributed by atoms with Crippen LogP contribution < -0.4 is 5.32 Å². The van der Waals surface area contributed by atoms with E-state index in [9.17, 15) is 18.4 Å². The van der Waals surface area contributed by atoms with Crippen LogP contribution in [0.4, 0.5) is 14.5 Å². The molecule has 0 radical (unpaired) electrons. The summed E-state index contributed by atoms with van der Waals surface area (Å²) in [6.45, 7) is 1.49. The number of halogens is 3. The van der Waals surface area contributed by atoms with Crippen LogP contribution in [-0.2, 0) is 16.0 Å². The first-order valence-electron chi connectivity index (χ1n) is 8.57. The van der Waals surface area contributed by atoms with E-state index in [1.54, 1.807) is 0 Å². The zero-order valence-corrected chi connectivity index (χ0v) is 16.0. The largest absolute Gasteiger partial charge is 0.481 e. The number of carboxylic acid groups (broad SMARTS) is 1. The van der Waals surface area contributed by atoms with Gasteiger partial charge in [-0.2, -0.15) is 5.10 Å². The maximum atomic E-state index is 14.2. The van der Waals surface area contributed by atoms with Crippen LogP contribution in [0.15, 0.2) is 30.3 Å². The summed E-state index contributed by atoms with van der Waals surface area (Å²) < 4.78 is 28.3. The Bertz CT molecular complexity index is 1140. The maximum Gasteiger partial charge on any atom is 0.303 e. The molecule has 1 amide bonds. The number of H-pyrrole nitrogens is 1. The summed E-state index contributed by atoms with van der Waals surface area (Å²) in [5, 5.41) is 18.3. The minimum atomic E-state index is -1.00. The lowest BCUT2D eigenvalue weighted by atomic mass is 10.0. The summed E-state index contributed by atoms with van der Waals surface area (Å²) in [4.78, 5) is 22.9. The SMILES string of the molecule is Cc1c(F)cc(CCC(=O)O)cc1NC(=O)/C=C/c1cc2[nH]nc(Cl)c2cc1F. The molecule has 0 aliphatic rings. The lowest BCUT2D eigenvalue weighted by Crippen LogP contribution is -2.10. The quantitative estimate of drug-likeness (QED) is 0.513. The summed E-state index contributed by atoms with van der Waals surface area (Å²) in [6.07, 6.45) is 2.36. The Morgan fingerprint density at radius 3 is 2.72 bits per heavy atom. The van der Waals surface area contributed by atoms with Crippen LogP contribution in [0.2, 0.25) is 5.15 Å². The highest BCUT2D eigenvalue weighted by Crippen LogP contribution is 2.25. The number of aryl methyl sites for hydroxylation is 1. The fourth-order valence-electron chi connectivity index (χ4n) is 2.75. The Balaban J connectivity index is 1.78. The number of hydrogen-bond acceptors (Lipinski definition) is 3. The van der Waals surface area contributed by atoms with Gasteiger partial charge in [0, 0.05) is 34.7 Å². The fraction of sp³-hybridized carbons (Fsp3) is 0.150. The highest BCUT2D eigenvalue weighted by Gasteiger charge is 2.11. The van der Waals surface area contributed by atoms with Crippen LogP contribution in [0.25, 0.3) is 17.0 Å². The number of carbonyl (C=O) groups excluding carboxylic acids is 1. The average Bonchev–Trinajstić information content (AvgIpc) is 3.01. The molecule has 29 heavy (non-hydrogen) atoms. The summed E-state index contributed by atoms with van der Waals surface area (Å²) in [7, 11) is 0. The predicted molar refractivity (Wildman–Crippen MR) is 106 cm³/mol. The second kappa shape index (κ2) is 8.40. The van der Waals surface area contributed by atoms with E-state index >= 15 is 0 Å². The Labute approximate surface area is 169 Å². The molecule has 0 aliphatic carbocycles. The van der Waals surface area contributed by atoms with E-state index in [-0.39, 0.29) is 34.8 Å². The zero-order valence-electron chi connectivity index (χ0n) is 15.2. The van der Waals surface area contributed by atoms with Crippen LogP contribution >= 0.6 is 11.6 Å². The van der Waals surface area contributed by atoms with Gasteiger partial charge in [0.15, 0.2) is 5.15 Å². The third-order valence-corrected chi connectivity index (χ3v) is 4.63. The molecule has 1 aromatic heterocycles. The van der Waals surface area contributed by atoms with Crippen molar-refractivity contribution in [2.24, 2.45) is 0 Å². The standard InChI is InChI=1S/C20H16ClF2N3O3/c1-10-14(22)6-11(2-5-19(28)29)7-16(10)24-18(27)4-3-12-8-17-13(9-15(12)23)20(21)26-25-17/h3-4,6-9H,2,5H2,1H3,(H,24,27)(H,25,26)(H,28,29)/b4-3+. The van der Waals surface area contributed by atoms with Crippen LogP contribution in [0.5, 0.6) is 0 Å². The highest BCUT2D eigenvalue weighted by atomic mass is 35.5. The summed E-state index contributed by atoms with van der Waals surface area (Å²) >= 11 is 5.84. The number of nitrogens with one attached hydrogen (secondary N) is 2. The molecule has 0 aliphatic heterocycles. The number of aromatic amines is 1. The number of anilines is 1. The lowest BCUT2D eigenvalue weighted by molar-refractivity contribution is -0.137. The van der Waals surface area contributed by atoms with Gasteiger partial charge in [-0.15, -0.1) is 0 Å². The number of aromatic nitrogens is 2. The molecule has 150 valence electrons. The number of amides is 1. The fourth-order valence-corrected chi connectivity index (χ4v) is 2.95. The van der Waals surface area contributed by atoms with Crippen LogP contribution in [0.3, 0.4) is 0 Å². The molecule has 0 saturated heterocycles. The number of nitrogens with zero attached hydrogens (tertiary/aromatic N) is 1. The van der Waals surface area contributed by atoms with Crippen molar-refractivity contribution < 1.29 is 23.5 Å². The van der Waals surface area contributed by atoms with E-state index in [4.69, 9.17) is 16.7 Å². The molecular weight excluding hydrogens is 404 g/mol. The van der Waals surface area contributed by atoms with Gasteiger partial charge in [0.2, 0.25) is 5.91 Å². The second-order valence-electron chi connectivity index (χ2n) is 6.40. The number of hydrogen-bond donors (Lipinski definition) is 3. The third-order valence-electron chi connectivity index (χ3n) is 4.34. The average molecular weight is 420 g/mol. The van der Waals surface area contributed by atoms with Crippen molar-refractivity contribution in [2.45, 2.75) is 19.8 Å². The minimum absolute atomic E-state index is 0.128. The summed E-state index contributed by atoms with van der Waals surface area (Å²) in [6, 6.07) is 5.44. The van der Waals surface area contributed by atoms with Gasteiger partial charge in [-0.1, -0.05) is 11.6 Å². The minimum Gasteiger partial charge on any atom is -0.481 e. The molecule has 0 fully saturated rings. The Hall–Kier alpha value is -3.26. The first-order chi connectivity index (χ1) is 13.7. The normalized spacial score (nSPS) is 11.3. The van der Waals surface area contributed by atoms with Crippen molar-refractivity contribution in [1.82, 2.24) is 10.2 Å². The second-order valence-corrected chi connectivity index (χ2v) is 6.76. The summed E-state index contributed by atoms with van der Waals surface area (Å²) in [5.41, 5.74) is 1.54. The number of benzene rings is 2.